The molecule has 0 saturated heterocycles. The van der Waals surface area contributed by atoms with Crippen LogP contribution in [0.5, 0.6) is 0 Å². The van der Waals surface area contributed by atoms with Crippen LogP contribution in [-0.4, -0.2) is 30.4 Å². The largest absolute Gasteiger partial charge is 0.348 e. The van der Waals surface area contributed by atoms with E-state index in [1.807, 2.05) is 12.1 Å². The number of carbonyl (C=O) groups excluding carboxylic acids is 1. The Kier molecular flexibility index (Phi) is 5.93. The molecule has 28 heavy (non-hydrogen) atoms. The van der Waals surface area contributed by atoms with Crippen molar-refractivity contribution in [1.29, 1.82) is 0 Å². The first kappa shape index (κ1) is 20.2. The minimum atomic E-state index is -3.54. The average molecular weight is 439 g/mol. The maximum absolute atomic E-state index is 12.5. The molecule has 0 atom stereocenters. The lowest BCUT2D eigenvalue weighted by Crippen LogP contribution is -2.24. The fourth-order valence-corrected chi connectivity index (χ4v) is 3.33. The summed E-state index contributed by atoms with van der Waals surface area (Å²) in [6.07, 6.45) is 4.41. The summed E-state index contributed by atoms with van der Waals surface area (Å²) in [4.78, 5) is 12.5. The normalized spacial score (nSPS) is 11.2. The molecule has 2 aromatic carbocycles. The number of aromatic nitrogens is 2. The van der Waals surface area contributed by atoms with Crippen LogP contribution in [0.4, 0.5) is 5.69 Å². The number of amides is 1. The van der Waals surface area contributed by atoms with Crippen LogP contribution >= 0.6 is 23.2 Å². The van der Waals surface area contributed by atoms with Crippen LogP contribution < -0.4 is 10.0 Å². The van der Waals surface area contributed by atoms with Gasteiger partial charge in [0, 0.05) is 28.4 Å². The Balaban J connectivity index is 1.73. The first-order valence-corrected chi connectivity index (χ1v) is 10.7. The summed E-state index contributed by atoms with van der Waals surface area (Å²) in [6, 6.07) is 11.5. The molecule has 0 bridgehead atoms. The second kappa shape index (κ2) is 8.22. The molecule has 0 fully saturated rings. The van der Waals surface area contributed by atoms with Gasteiger partial charge in [-0.2, -0.15) is 5.10 Å². The van der Waals surface area contributed by atoms with Gasteiger partial charge in [0.05, 0.1) is 29.4 Å². The first-order valence-electron chi connectivity index (χ1n) is 8.06. The van der Waals surface area contributed by atoms with E-state index in [-0.39, 0.29) is 17.8 Å². The molecule has 0 saturated carbocycles. The van der Waals surface area contributed by atoms with E-state index in [1.165, 1.54) is 18.2 Å². The Morgan fingerprint density at radius 3 is 2.46 bits per heavy atom. The SMILES string of the molecule is CS(=O)(=O)Nc1ccc(Cl)cc1C(=O)NCc1cnn(-c2ccc(Cl)cc2)c1. The molecule has 1 amide bonds. The molecule has 1 aromatic heterocycles. The number of benzene rings is 2. The Labute approximate surface area is 172 Å². The Bertz CT molecular complexity index is 1110. The van der Waals surface area contributed by atoms with Gasteiger partial charge in [-0.3, -0.25) is 9.52 Å². The first-order chi connectivity index (χ1) is 13.2. The van der Waals surface area contributed by atoms with Crippen LogP contribution in [0, 0.1) is 0 Å². The van der Waals surface area contributed by atoms with Crippen molar-refractivity contribution < 1.29 is 13.2 Å². The molecule has 3 aromatic rings. The number of nitrogens with one attached hydrogen (secondary N) is 2. The van der Waals surface area contributed by atoms with Crippen LogP contribution in [0.3, 0.4) is 0 Å². The highest BCUT2D eigenvalue weighted by molar-refractivity contribution is 7.92. The smallest absolute Gasteiger partial charge is 0.253 e. The summed E-state index contributed by atoms with van der Waals surface area (Å²) in [7, 11) is -3.54. The van der Waals surface area contributed by atoms with Crippen LogP contribution in [0.25, 0.3) is 5.69 Å². The van der Waals surface area contributed by atoms with Gasteiger partial charge in [0.25, 0.3) is 5.91 Å². The van der Waals surface area contributed by atoms with E-state index in [2.05, 4.69) is 15.1 Å². The number of hydrogen-bond donors (Lipinski definition) is 2. The fraction of sp³-hybridized carbons (Fsp3) is 0.111. The van der Waals surface area contributed by atoms with Crippen LogP contribution in [-0.2, 0) is 16.6 Å². The monoisotopic (exact) mass is 438 g/mol. The van der Waals surface area contributed by atoms with Crippen molar-refractivity contribution in [3.05, 3.63) is 76.0 Å². The highest BCUT2D eigenvalue weighted by atomic mass is 35.5. The third-order valence-corrected chi connectivity index (χ3v) is 4.78. The van der Waals surface area contributed by atoms with Crippen LogP contribution in [0.1, 0.15) is 15.9 Å². The van der Waals surface area contributed by atoms with Gasteiger partial charge < -0.3 is 5.32 Å². The van der Waals surface area contributed by atoms with E-state index in [4.69, 9.17) is 23.2 Å². The predicted octanol–water partition coefficient (Wildman–Crippen LogP) is 3.48. The molecule has 0 spiro atoms. The third kappa shape index (κ3) is 5.25. The molecule has 2 N–H and O–H groups in total. The number of carbonyl (C=O) groups is 1. The van der Waals surface area contributed by atoms with E-state index in [0.717, 1.165) is 17.5 Å². The summed E-state index contributed by atoms with van der Waals surface area (Å²) in [6.45, 7) is 0.206. The zero-order valence-corrected chi connectivity index (χ0v) is 17.0. The van der Waals surface area contributed by atoms with Crippen molar-refractivity contribution >= 4 is 44.8 Å². The van der Waals surface area contributed by atoms with E-state index in [1.54, 1.807) is 29.2 Å². The van der Waals surface area contributed by atoms with Crippen molar-refractivity contribution in [2.45, 2.75) is 6.54 Å². The Hall–Kier alpha value is -2.55. The van der Waals surface area contributed by atoms with E-state index >= 15 is 0 Å². The quantitative estimate of drug-likeness (QED) is 0.615. The number of hydrogen-bond acceptors (Lipinski definition) is 4. The van der Waals surface area contributed by atoms with E-state index in [0.29, 0.717) is 10.0 Å². The number of rotatable bonds is 6. The summed E-state index contributed by atoms with van der Waals surface area (Å²) in [5.41, 5.74) is 1.88. The lowest BCUT2D eigenvalue weighted by Gasteiger charge is -2.11. The Morgan fingerprint density at radius 2 is 1.79 bits per heavy atom. The molecule has 0 aliphatic carbocycles. The molecule has 1 heterocycles. The van der Waals surface area contributed by atoms with E-state index in [9.17, 15) is 13.2 Å². The molecular formula is C18H16Cl2N4O3S. The van der Waals surface area contributed by atoms with Crippen LogP contribution in [0.15, 0.2) is 54.9 Å². The highest BCUT2D eigenvalue weighted by Crippen LogP contribution is 2.22. The molecule has 0 radical (unpaired) electrons. The fourth-order valence-electron chi connectivity index (χ4n) is 2.46. The number of sulfonamides is 1. The maximum Gasteiger partial charge on any atom is 0.253 e. The zero-order chi connectivity index (χ0) is 20.3. The molecule has 3 rings (SSSR count). The molecule has 0 unspecified atom stereocenters. The lowest BCUT2D eigenvalue weighted by molar-refractivity contribution is 0.0952. The van der Waals surface area contributed by atoms with Crippen molar-refractivity contribution in [2.24, 2.45) is 0 Å². The standard InChI is InChI=1S/C18H16Cl2N4O3S/c1-28(26,27)23-17-7-4-14(20)8-16(17)18(25)21-9-12-10-22-24(11-12)15-5-2-13(19)3-6-15/h2-8,10-11,23H,9H2,1H3,(H,21,25). The number of nitrogens with zero attached hydrogens (tertiary/aromatic N) is 2. The summed E-state index contributed by atoms with van der Waals surface area (Å²) in [5, 5.41) is 7.94. The molecular weight excluding hydrogens is 423 g/mol. The second-order valence-electron chi connectivity index (χ2n) is 6.02. The van der Waals surface area contributed by atoms with Crippen molar-refractivity contribution in [3.8, 4) is 5.69 Å². The summed E-state index contributed by atoms with van der Waals surface area (Å²) < 4.78 is 27.0. The zero-order valence-electron chi connectivity index (χ0n) is 14.7. The van der Waals surface area contributed by atoms with Gasteiger partial charge in [-0.05, 0) is 42.5 Å². The van der Waals surface area contributed by atoms with Gasteiger partial charge in [0.2, 0.25) is 10.0 Å². The molecule has 0 aliphatic rings. The summed E-state index contributed by atoms with van der Waals surface area (Å²) >= 11 is 11.8. The topological polar surface area (TPSA) is 93.1 Å². The third-order valence-electron chi connectivity index (χ3n) is 3.70. The summed E-state index contributed by atoms with van der Waals surface area (Å²) in [5.74, 6) is -0.465. The highest BCUT2D eigenvalue weighted by Gasteiger charge is 2.15. The number of halogens is 2. The molecule has 7 nitrogen and oxygen atoms in total. The molecule has 146 valence electrons. The molecule has 10 heteroatoms. The van der Waals surface area contributed by atoms with Gasteiger partial charge in [-0.15, -0.1) is 0 Å². The number of anilines is 1. The van der Waals surface area contributed by atoms with Crippen molar-refractivity contribution in [2.75, 3.05) is 11.0 Å². The maximum atomic E-state index is 12.5. The van der Waals surface area contributed by atoms with Gasteiger partial charge in [0.1, 0.15) is 0 Å². The lowest BCUT2D eigenvalue weighted by atomic mass is 10.1. The van der Waals surface area contributed by atoms with Crippen LogP contribution in [0.2, 0.25) is 10.0 Å². The van der Waals surface area contributed by atoms with Crippen molar-refractivity contribution in [3.63, 3.8) is 0 Å². The second-order valence-corrected chi connectivity index (χ2v) is 8.64. The van der Waals surface area contributed by atoms with Gasteiger partial charge in [-0.1, -0.05) is 23.2 Å². The average Bonchev–Trinajstić information content (AvgIpc) is 3.09. The minimum absolute atomic E-state index is 0.128. The van der Waals surface area contributed by atoms with Gasteiger partial charge >= 0.3 is 0 Å². The predicted molar refractivity (Wildman–Crippen MR) is 110 cm³/mol. The van der Waals surface area contributed by atoms with Gasteiger partial charge in [-0.25, -0.2) is 13.1 Å². The minimum Gasteiger partial charge on any atom is -0.348 e. The van der Waals surface area contributed by atoms with Gasteiger partial charge in [0.15, 0.2) is 0 Å². The Morgan fingerprint density at radius 1 is 1.11 bits per heavy atom. The van der Waals surface area contributed by atoms with Crippen molar-refractivity contribution in [1.82, 2.24) is 15.1 Å². The molecule has 0 aliphatic heterocycles. The van der Waals surface area contributed by atoms with E-state index < -0.39 is 15.9 Å².